The number of rotatable bonds is 5. The lowest BCUT2D eigenvalue weighted by Crippen LogP contribution is -2.28. The number of carboxylic acids is 1. The summed E-state index contributed by atoms with van der Waals surface area (Å²) < 4.78 is 33.0. The summed E-state index contributed by atoms with van der Waals surface area (Å²) in [6.45, 7) is 4.85. The van der Waals surface area contributed by atoms with Gasteiger partial charge in [0.25, 0.3) is 0 Å². The minimum atomic E-state index is -3.82. The highest BCUT2D eigenvalue weighted by Crippen LogP contribution is 2.12. The Labute approximate surface area is 115 Å². The number of aromatic nitrogens is 1. The van der Waals surface area contributed by atoms with Crippen LogP contribution in [0.2, 0.25) is 0 Å². The summed E-state index contributed by atoms with van der Waals surface area (Å²) in [5, 5.41) is 11.8. The van der Waals surface area contributed by atoms with E-state index in [0.717, 1.165) is 6.07 Å². The van der Waals surface area contributed by atoms with Gasteiger partial charge in [0.05, 0.1) is 0 Å². The van der Waals surface area contributed by atoms with Gasteiger partial charge < -0.3 is 14.4 Å². The first-order valence-electron chi connectivity index (χ1n) is 5.60. The number of hydrogen-bond donors (Lipinski definition) is 1. The zero-order valence-corrected chi connectivity index (χ0v) is 12.1. The predicted molar refractivity (Wildman–Crippen MR) is 66.8 cm³/mol. The lowest BCUT2D eigenvalue weighted by Gasteiger charge is -2.19. The van der Waals surface area contributed by atoms with E-state index in [0.29, 0.717) is 0 Å². The van der Waals surface area contributed by atoms with Crippen molar-refractivity contribution in [2.24, 2.45) is 0 Å². The van der Waals surface area contributed by atoms with Gasteiger partial charge in [-0.3, -0.25) is 4.79 Å². The molecule has 8 nitrogen and oxygen atoms in total. The van der Waals surface area contributed by atoms with E-state index >= 15 is 0 Å². The van der Waals surface area contributed by atoms with E-state index in [2.05, 4.69) is 9.68 Å². The van der Waals surface area contributed by atoms with Crippen LogP contribution in [-0.4, -0.2) is 42.0 Å². The van der Waals surface area contributed by atoms with Crippen molar-refractivity contribution in [3.63, 3.8) is 0 Å². The average Bonchev–Trinajstić information content (AvgIpc) is 2.60. The van der Waals surface area contributed by atoms with E-state index in [1.54, 1.807) is 20.8 Å². The van der Waals surface area contributed by atoms with Gasteiger partial charge in [-0.2, -0.15) is 0 Å². The van der Waals surface area contributed by atoms with E-state index in [1.807, 2.05) is 0 Å². The molecule has 0 aliphatic heterocycles. The second-order valence-corrected chi connectivity index (χ2v) is 7.17. The van der Waals surface area contributed by atoms with Gasteiger partial charge >= 0.3 is 11.9 Å². The fraction of sp³-hybridized carbons (Fsp3) is 0.545. The topological polar surface area (TPSA) is 124 Å². The standard InChI is InChI=1S/C11H15NO7S/c1-11(2,3)18-9(13)6-20(16,17)5-7-4-8(10(14)15)12-19-7/h4H,5-6H2,1-3H3,(H,14,15). The van der Waals surface area contributed by atoms with Crippen molar-refractivity contribution in [2.45, 2.75) is 32.1 Å². The Kier molecular flexibility index (Phi) is 4.53. The number of carboxylic acid groups (broad SMARTS) is 1. The van der Waals surface area contributed by atoms with E-state index in [9.17, 15) is 18.0 Å². The van der Waals surface area contributed by atoms with Gasteiger partial charge in [-0.05, 0) is 20.8 Å². The molecule has 0 radical (unpaired) electrons. The van der Waals surface area contributed by atoms with Crippen LogP contribution in [0.15, 0.2) is 10.6 Å². The molecule has 1 rings (SSSR count). The van der Waals surface area contributed by atoms with Crippen molar-refractivity contribution in [3.05, 3.63) is 17.5 Å². The monoisotopic (exact) mass is 305 g/mol. The van der Waals surface area contributed by atoms with E-state index < -0.39 is 44.6 Å². The molecule has 0 amide bonds. The molecule has 1 heterocycles. The largest absolute Gasteiger partial charge is 0.476 e. The van der Waals surface area contributed by atoms with Crippen LogP contribution < -0.4 is 0 Å². The Morgan fingerprint density at radius 1 is 1.40 bits per heavy atom. The number of ether oxygens (including phenoxy) is 1. The highest BCUT2D eigenvalue weighted by molar-refractivity contribution is 7.91. The van der Waals surface area contributed by atoms with Crippen LogP contribution in [0.5, 0.6) is 0 Å². The molecule has 0 bridgehead atoms. The van der Waals surface area contributed by atoms with Gasteiger partial charge in [0.1, 0.15) is 17.1 Å². The molecule has 0 aliphatic rings. The van der Waals surface area contributed by atoms with Gasteiger partial charge in [-0.15, -0.1) is 0 Å². The fourth-order valence-corrected chi connectivity index (χ4v) is 2.39. The number of carbonyl (C=O) groups is 2. The minimum absolute atomic E-state index is 0.147. The quantitative estimate of drug-likeness (QED) is 0.785. The van der Waals surface area contributed by atoms with Crippen molar-refractivity contribution in [2.75, 3.05) is 5.75 Å². The maximum absolute atomic E-state index is 11.7. The summed E-state index contributed by atoms with van der Waals surface area (Å²) in [7, 11) is -3.82. The van der Waals surface area contributed by atoms with Crippen LogP contribution >= 0.6 is 0 Å². The normalized spacial score (nSPS) is 12.2. The second kappa shape index (κ2) is 5.61. The highest BCUT2D eigenvalue weighted by atomic mass is 32.2. The molecule has 20 heavy (non-hydrogen) atoms. The molecular formula is C11H15NO7S. The first-order valence-corrected chi connectivity index (χ1v) is 7.42. The molecule has 1 aromatic heterocycles. The third-order valence-electron chi connectivity index (χ3n) is 1.90. The molecule has 0 atom stereocenters. The summed E-state index contributed by atoms with van der Waals surface area (Å²) in [6, 6.07) is 0.995. The third kappa shape index (κ3) is 5.39. The molecule has 0 fully saturated rings. The summed E-state index contributed by atoms with van der Waals surface area (Å²) in [4.78, 5) is 22.0. The third-order valence-corrected chi connectivity index (χ3v) is 3.30. The number of nitrogens with zero attached hydrogens (tertiary/aromatic N) is 1. The van der Waals surface area contributed by atoms with Crippen molar-refractivity contribution in [1.82, 2.24) is 5.16 Å². The molecule has 9 heteroatoms. The first-order chi connectivity index (χ1) is 8.98. The van der Waals surface area contributed by atoms with Crippen LogP contribution in [0, 0.1) is 0 Å². The molecular weight excluding hydrogens is 290 g/mol. The predicted octanol–water partition coefficient (Wildman–Crippen LogP) is 0.629. The van der Waals surface area contributed by atoms with E-state index in [-0.39, 0.29) is 5.76 Å². The fourth-order valence-electron chi connectivity index (χ4n) is 1.30. The molecule has 0 spiro atoms. The zero-order valence-electron chi connectivity index (χ0n) is 11.2. The molecule has 1 aromatic rings. The lowest BCUT2D eigenvalue weighted by molar-refractivity contribution is -0.151. The molecule has 0 aliphatic carbocycles. The Morgan fingerprint density at radius 3 is 2.45 bits per heavy atom. The number of hydrogen-bond acceptors (Lipinski definition) is 7. The van der Waals surface area contributed by atoms with Gasteiger partial charge in [-0.1, -0.05) is 5.16 Å². The molecule has 1 N–H and O–H groups in total. The Bertz CT molecular complexity index is 609. The Balaban J connectivity index is 2.70. The second-order valence-electron chi connectivity index (χ2n) is 5.10. The van der Waals surface area contributed by atoms with Crippen LogP contribution in [-0.2, 0) is 25.1 Å². The SMILES string of the molecule is CC(C)(C)OC(=O)CS(=O)(=O)Cc1cc(C(=O)O)no1. The maximum Gasteiger partial charge on any atom is 0.358 e. The molecule has 0 saturated heterocycles. The smallest absolute Gasteiger partial charge is 0.358 e. The van der Waals surface area contributed by atoms with E-state index in [1.165, 1.54) is 0 Å². The van der Waals surface area contributed by atoms with Gasteiger partial charge in [0.2, 0.25) is 0 Å². The summed E-state index contributed by atoms with van der Waals surface area (Å²) in [6.07, 6.45) is 0. The van der Waals surface area contributed by atoms with E-state index in [4.69, 9.17) is 9.84 Å². The average molecular weight is 305 g/mol. The molecule has 0 unspecified atom stereocenters. The number of carbonyl (C=O) groups excluding carboxylic acids is 1. The van der Waals surface area contributed by atoms with Crippen LogP contribution in [0.25, 0.3) is 0 Å². The maximum atomic E-state index is 11.7. The molecule has 0 saturated carbocycles. The van der Waals surface area contributed by atoms with Crippen molar-refractivity contribution in [1.29, 1.82) is 0 Å². The summed E-state index contributed by atoms with van der Waals surface area (Å²) in [5.41, 5.74) is -1.18. The number of aromatic carboxylic acids is 1. The summed E-state index contributed by atoms with van der Waals surface area (Å²) >= 11 is 0. The minimum Gasteiger partial charge on any atom is -0.476 e. The van der Waals surface area contributed by atoms with Crippen molar-refractivity contribution in [3.8, 4) is 0 Å². The summed E-state index contributed by atoms with van der Waals surface area (Å²) in [5.74, 6) is -3.79. The Hall–Kier alpha value is -1.90. The van der Waals surface area contributed by atoms with Crippen LogP contribution in [0.3, 0.4) is 0 Å². The number of esters is 1. The van der Waals surface area contributed by atoms with Gasteiger partial charge in [0, 0.05) is 6.07 Å². The van der Waals surface area contributed by atoms with Crippen LogP contribution in [0.1, 0.15) is 37.0 Å². The molecule has 112 valence electrons. The van der Waals surface area contributed by atoms with Gasteiger partial charge in [0.15, 0.2) is 21.3 Å². The highest BCUT2D eigenvalue weighted by Gasteiger charge is 2.25. The zero-order chi connectivity index (χ0) is 15.6. The van der Waals surface area contributed by atoms with Crippen molar-refractivity contribution >= 4 is 21.8 Å². The lowest BCUT2D eigenvalue weighted by atomic mass is 10.2. The number of sulfone groups is 1. The Morgan fingerprint density at radius 2 is 2.00 bits per heavy atom. The van der Waals surface area contributed by atoms with Crippen LogP contribution in [0.4, 0.5) is 0 Å². The van der Waals surface area contributed by atoms with Gasteiger partial charge in [-0.25, -0.2) is 13.2 Å². The first kappa shape index (κ1) is 16.2. The van der Waals surface area contributed by atoms with Crippen molar-refractivity contribution < 1.29 is 32.4 Å². The molecule has 0 aromatic carbocycles.